The molecule has 0 aromatic rings. The number of ether oxygens (including phenoxy) is 6. The summed E-state index contributed by atoms with van der Waals surface area (Å²) in [7, 11) is 0. The minimum absolute atomic E-state index is 0.0534. The van der Waals surface area contributed by atoms with Crippen molar-refractivity contribution in [3.63, 3.8) is 0 Å². The van der Waals surface area contributed by atoms with Gasteiger partial charge in [0.25, 0.3) is 0 Å². The molecule has 0 amide bonds. The number of hydrogen-bond acceptors (Lipinski definition) is 19. The monoisotopic (exact) mass is 642 g/mol. The molecule has 3 saturated heterocycles. The number of aliphatic hydroxyl groups is 7. The Labute approximate surface area is 254 Å². The van der Waals surface area contributed by atoms with Crippen LogP contribution in [0.5, 0.6) is 0 Å². The summed E-state index contributed by atoms with van der Waals surface area (Å²) >= 11 is 0. The summed E-state index contributed by atoms with van der Waals surface area (Å²) in [6.45, 7) is -0.980. The van der Waals surface area contributed by atoms with Crippen LogP contribution in [0.2, 0.25) is 0 Å². The maximum atomic E-state index is 11.1. The normalized spacial score (nSPS) is 51.9. The minimum atomic E-state index is -1.43. The van der Waals surface area contributed by atoms with Crippen LogP contribution in [0.25, 0.3) is 0 Å². The quantitative estimate of drug-likeness (QED) is 0.0994. The molecule has 1 aliphatic carbocycles. The van der Waals surface area contributed by atoms with E-state index >= 15 is 0 Å². The van der Waals surface area contributed by atoms with Crippen molar-refractivity contribution in [2.45, 2.75) is 116 Å². The highest BCUT2D eigenvalue weighted by molar-refractivity contribution is 5.02. The van der Waals surface area contributed by atoms with Crippen LogP contribution in [0.4, 0.5) is 0 Å². The molecule has 0 aromatic carbocycles. The molecule has 3 heterocycles. The third kappa shape index (κ3) is 7.36. The van der Waals surface area contributed by atoms with Crippen molar-refractivity contribution in [2.24, 2.45) is 40.3 Å². The molecule has 19 nitrogen and oxygen atoms in total. The van der Waals surface area contributed by atoms with Gasteiger partial charge in [-0.1, -0.05) is 0 Å². The SMILES string of the molecule is NCC1OC(COC[C@@H]2C(O)[C@@H](OC3C(O)C(N)CC(N)C3OC3OC(CN)C(O)C(O)C3N)O[C@H]2CO)C(N)C(O)C1O. The lowest BCUT2D eigenvalue weighted by atomic mass is 9.84. The van der Waals surface area contributed by atoms with Gasteiger partial charge in [-0.2, -0.15) is 0 Å². The Hall–Kier alpha value is -0.760. The lowest BCUT2D eigenvalue weighted by Crippen LogP contribution is -2.68. The van der Waals surface area contributed by atoms with Crippen LogP contribution in [0.15, 0.2) is 0 Å². The number of aliphatic hydroxyl groups excluding tert-OH is 7. The van der Waals surface area contributed by atoms with Gasteiger partial charge in [-0.15, -0.1) is 0 Å². The Morgan fingerprint density at radius 3 is 1.75 bits per heavy atom. The predicted octanol–water partition coefficient (Wildman–Crippen LogP) is -8.61. The molecule has 4 fully saturated rings. The van der Waals surface area contributed by atoms with Crippen molar-refractivity contribution in [3.05, 3.63) is 0 Å². The van der Waals surface area contributed by atoms with Crippen molar-refractivity contribution in [3.8, 4) is 0 Å². The second-order valence-corrected chi connectivity index (χ2v) is 12.0. The molecule has 19 atom stereocenters. The average Bonchev–Trinajstić information content (AvgIpc) is 3.30. The van der Waals surface area contributed by atoms with E-state index in [1.165, 1.54) is 0 Å². The topological polar surface area (TPSA) is 353 Å². The van der Waals surface area contributed by atoms with Crippen LogP contribution >= 0.6 is 0 Å². The lowest BCUT2D eigenvalue weighted by Gasteiger charge is -2.47. The zero-order valence-electron chi connectivity index (χ0n) is 24.3. The summed E-state index contributed by atoms with van der Waals surface area (Å²) in [4.78, 5) is 0. The summed E-state index contributed by atoms with van der Waals surface area (Å²) < 4.78 is 34.9. The van der Waals surface area contributed by atoms with Gasteiger partial charge in [-0.3, -0.25) is 0 Å². The summed E-state index contributed by atoms with van der Waals surface area (Å²) in [5.74, 6) is -0.815. The van der Waals surface area contributed by atoms with Gasteiger partial charge in [0, 0.05) is 31.1 Å². The van der Waals surface area contributed by atoms with Gasteiger partial charge < -0.3 is 98.6 Å². The van der Waals surface area contributed by atoms with E-state index in [9.17, 15) is 35.7 Å². The molecular formula is C25H50N6O13. The van der Waals surface area contributed by atoms with Gasteiger partial charge in [-0.25, -0.2) is 0 Å². The van der Waals surface area contributed by atoms with Crippen molar-refractivity contribution in [1.82, 2.24) is 0 Å². The molecule has 0 spiro atoms. The van der Waals surface area contributed by atoms with Crippen molar-refractivity contribution in [2.75, 3.05) is 32.9 Å². The zero-order chi connectivity index (χ0) is 32.5. The fraction of sp³-hybridized carbons (Fsp3) is 1.00. The first-order valence-electron chi connectivity index (χ1n) is 14.8. The first-order chi connectivity index (χ1) is 20.8. The Balaban J connectivity index is 1.41. The molecule has 258 valence electrons. The highest BCUT2D eigenvalue weighted by Crippen LogP contribution is 2.34. The standard InChI is InChI=1S/C25H50N6O13/c26-2-10-18(35)20(37)14(30)13(40-10)6-39-5-7-12(4-32)42-25(16(7)33)44-23-17(34)8(28)1-9(29)22(23)43-24-15(31)21(38)19(36)11(3-27)41-24/h7-25,32-38H,1-6,26-31H2/t7-,8?,9?,10?,11?,12-,13?,14?,15?,16?,17?,18?,19?,20?,21?,22?,23?,24?,25+/m0/s1. The van der Waals surface area contributed by atoms with E-state index in [0.717, 1.165) is 0 Å². The highest BCUT2D eigenvalue weighted by atomic mass is 16.7. The Morgan fingerprint density at radius 1 is 0.568 bits per heavy atom. The van der Waals surface area contributed by atoms with Crippen LogP contribution in [0.3, 0.4) is 0 Å². The third-order valence-electron chi connectivity index (χ3n) is 9.04. The molecular weight excluding hydrogens is 592 g/mol. The molecule has 44 heavy (non-hydrogen) atoms. The molecule has 0 radical (unpaired) electrons. The summed E-state index contributed by atoms with van der Waals surface area (Å²) in [6.07, 6.45) is -16.6. The van der Waals surface area contributed by atoms with Gasteiger partial charge >= 0.3 is 0 Å². The molecule has 0 bridgehead atoms. The van der Waals surface area contributed by atoms with E-state index in [1.54, 1.807) is 0 Å². The molecule has 1 saturated carbocycles. The summed E-state index contributed by atoms with van der Waals surface area (Å²) in [6, 6.07) is -3.82. The van der Waals surface area contributed by atoms with E-state index < -0.39 is 123 Å². The zero-order valence-corrected chi connectivity index (χ0v) is 24.3. The fourth-order valence-corrected chi connectivity index (χ4v) is 6.19. The second kappa shape index (κ2) is 15.4. The van der Waals surface area contributed by atoms with Crippen LogP contribution in [-0.2, 0) is 28.4 Å². The van der Waals surface area contributed by atoms with Crippen molar-refractivity contribution < 1.29 is 64.2 Å². The summed E-state index contributed by atoms with van der Waals surface area (Å²) in [5, 5.41) is 72.9. The van der Waals surface area contributed by atoms with Crippen LogP contribution in [-0.4, -0.2) is 179 Å². The molecule has 0 aromatic heterocycles. The Bertz CT molecular complexity index is 899. The average molecular weight is 643 g/mol. The maximum absolute atomic E-state index is 11.1. The number of hydrogen-bond donors (Lipinski definition) is 13. The fourth-order valence-electron chi connectivity index (χ4n) is 6.19. The smallest absolute Gasteiger partial charge is 0.184 e. The van der Waals surface area contributed by atoms with Gasteiger partial charge in [0.15, 0.2) is 12.6 Å². The summed E-state index contributed by atoms with van der Waals surface area (Å²) in [5.41, 5.74) is 35.7. The molecule has 16 unspecified atom stereocenters. The van der Waals surface area contributed by atoms with E-state index in [1.807, 2.05) is 0 Å². The van der Waals surface area contributed by atoms with Crippen LogP contribution < -0.4 is 34.4 Å². The first kappa shape index (κ1) is 36.1. The first-order valence-corrected chi connectivity index (χ1v) is 14.8. The largest absolute Gasteiger partial charge is 0.394 e. The molecule has 4 aliphatic rings. The minimum Gasteiger partial charge on any atom is -0.394 e. The van der Waals surface area contributed by atoms with E-state index in [2.05, 4.69) is 0 Å². The van der Waals surface area contributed by atoms with Crippen LogP contribution in [0, 0.1) is 5.92 Å². The molecule has 3 aliphatic heterocycles. The highest BCUT2D eigenvalue weighted by Gasteiger charge is 2.52. The predicted molar refractivity (Wildman–Crippen MR) is 148 cm³/mol. The van der Waals surface area contributed by atoms with Crippen molar-refractivity contribution in [1.29, 1.82) is 0 Å². The van der Waals surface area contributed by atoms with Gasteiger partial charge in [0.2, 0.25) is 0 Å². The Kier molecular flexibility index (Phi) is 12.7. The molecule has 19 heteroatoms. The van der Waals surface area contributed by atoms with Gasteiger partial charge in [0.05, 0.1) is 56.3 Å². The van der Waals surface area contributed by atoms with Crippen molar-refractivity contribution >= 4 is 0 Å². The van der Waals surface area contributed by atoms with Gasteiger partial charge in [0.1, 0.15) is 48.8 Å². The third-order valence-corrected chi connectivity index (χ3v) is 9.04. The molecule has 4 rings (SSSR count). The van der Waals surface area contributed by atoms with Crippen LogP contribution in [0.1, 0.15) is 6.42 Å². The van der Waals surface area contributed by atoms with E-state index in [-0.39, 0.29) is 32.7 Å². The molecule has 19 N–H and O–H groups in total. The maximum Gasteiger partial charge on any atom is 0.184 e. The Morgan fingerprint density at radius 2 is 1.14 bits per heavy atom. The number of rotatable bonds is 11. The van der Waals surface area contributed by atoms with E-state index in [4.69, 9.17) is 62.8 Å². The van der Waals surface area contributed by atoms with Gasteiger partial charge in [-0.05, 0) is 6.42 Å². The second-order valence-electron chi connectivity index (χ2n) is 12.0. The lowest BCUT2D eigenvalue weighted by molar-refractivity contribution is -0.306. The van der Waals surface area contributed by atoms with E-state index in [0.29, 0.717) is 0 Å². The number of nitrogens with two attached hydrogens (primary N) is 6.